The van der Waals surface area contributed by atoms with Crippen LogP contribution in [0.1, 0.15) is 5.56 Å². The second kappa shape index (κ2) is 5.92. The number of nitrogens with one attached hydrogen (secondary N) is 1. The van der Waals surface area contributed by atoms with Gasteiger partial charge < -0.3 is 4.74 Å². The molecule has 4 nitrogen and oxygen atoms in total. The lowest BCUT2D eigenvalue weighted by Crippen LogP contribution is -2.34. The Bertz CT molecular complexity index is 320. The summed E-state index contributed by atoms with van der Waals surface area (Å²) in [6.45, 7) is 1.41. The Labute approximate surface area is 94.9 Å². The Morgan fingerprint density at radius 1 is 1.53 bits per heavy atom. The van der Waals surface area contributed by atoms with Crippen LogP contribution in [-0.2, 0) is 6.54 Å². The fourth-order valence-corrected chi connectivity index (χ4v) is 1.61. The van der Waals surface area contributed by atoms with Crippen molar-refractivity contribution in [3.05, 3.63) is 28.8 Å². The summed E-state index contributed by atoms with van der Waals surface area (Å²) in [5.74, 6) is 5.92. The van der Waals surface area contributed by atoms with Crippen LogP contribution in [0.2, 0.25) is 5.02 Å². The van der Waals surface area contributed by atoms with Crippen LogP contribution in [0.3, 0.4) is 0 Å². The van der Waals surface area contributed by atoms with Gasteiger partial charge in [-0.15, -0.1) is 0 Å². The van der Waals surface area contributed by atoms with Crippen LogP contribution in [0.5, 0.6) is 5.75 Å². The fourth-order valence-electron chi connectivity index (χ4n) is 1.33. The van der Waals surface area contributed by atoms with Gasteiger partial charge in [0.05, 0.1) is 18.8 Å². The quantitative estimate of drug-likeness (QED) is 0.453. The van der Waals surface area contributed by atoms with E-state index in [1.165, 1.54) is 0 Å². The molecule has 1 rings (SSSR count). The van der Waals surface area contributed by atoms with Gasteiger partial charge in [-0.2, -0.15) is 0 Å². The standard InChI is InChI=1S/C10H16ClN3O/c1-14(7-13-12)6-8-3-4-10(15-2)9(11)5-8/h3-5,13H,6-7,12H2,1-2H3. The zero-order chi connectivity index (χ0) is 11.3. The highest BCUT2D eigenvalue weighted by molar-refractivity contribution is 6.32. The molecule has 0 saturated carbocycles. The summed E-state index contributed by atoms with van der Waals surface area (Å²) < 4.78 is 5.07. The average Bonchev–Trinajstić information content (AvgIpc) is 2.18. The molecule has 0 aliphatic carbocycles. The van der Waals surface area contributed by atoms with E-state index in [0.717, 1.165) is 12.1 Å². The minimum atomic E-state index is 0.629. The maximum absolute atomic E-state index is 6.01. The largest absolute Gasteiger partial charge is 0.495 e. The van der Waals surface area contributed by atoms with E-state index in [9.17, 15) is 0 Å². The van der Waals surface area contributed by atoms with Crippen LogP contribution < -0.4 is 16.0 Å². The van der Waals surface area contributed by atoms with Crippen molar-refractivity contribution in [2.75, 3.05) is 20.8 Å². The third-order valence-corrected chi connectivity index (χ3v) is 2.33. The maximum atomic E-state index is 6.01. The second-order valence-corrected chi connectivity index (χ2v) is 3.75. The first-order valence-corrected chi connectivity index (χ1v) is 4.99. The molecule has 0 atom stereocenters. The van der Waals surface area contributed by atoms with Crippen LogP contribution in [0.15, 0.2) is 18.2 Å². The van der Waals surface area contributed by atoms with E-state index >= 15 is 0 Å². The van der Waals surface area contributed by atoms with Gasteiger partial charge in [0.1, 0.15) is 5.75 Å². The van der Waals surface area contributed by atoms with E-state index < -0.39 is 0 Å². The summed E-state index contributed by atoms with van der Waals surface area (Å²) in [6, 6.07) is 5.74. The lowest BCUT2D eigenvalue weighted by molar-refractivity contribution is 0.301. The molecule has 0 bridgehead atoms. The molecular formula is C10H16ClN3O. The van der Waals surface area contributed by atoms with Crippen LogP contribution in [0, 0.1) is 0 Å². The monoisotopic (exact) mass is 229 g/mol. The molecule has 5 heteroatoms. The van der Waals surface area contributed by atoms with Crippen molar-refractivity contribution in [2.24, 2.45) is 5.84 Å². The fraction of sp³-hybridized carbons (Fsp3) is 0.400. The maximum Gasteiger partial charge on any atom is 0.137 e. The first-order valence-electron chi connectivity index (χ1n) is 4.61. The molecule has 0 aliphatic heterocycles. The topological polar surface area (TPSA) is 50.5 Å². The first kappa shape index (κ1) is 12.3. The molecule has 0 heterocycles. The van der Waals surface area contributed by atoms with Crippen molar-refractivity contribution >= 4 is 11.6 Å². The number of methoxy groups -OCH3 is 1. The molecule has 0 radical (unpaired) electrons. The van der Waals surface area contributed by atoms with Crippen molar-refractivity contribution < 1.29 is 4.74 Å². The number of hydrogen-bond donors (Lipinski definition) is 2. The van der Waals surface area contributed by atoms with Crippen molar-refractivity contribution in [1.82, 2.24) is 10.3 Å². The van der Waals surface area contributed by atoms with Crippen molar-refractivity contribution in [3.63, 3.8) is 0 Å². The Hall–Kier alpha value is -0.810. The van der Waals surface area contributed by atoms with Gasteiger partial charge >= 0.3 is 0 Å². The van der Waals surface area contributed by atoms with Gasteiger partial charge in [-0.3, -0.25) is 10.7 Å². The summed E-state index contributed by atoms with van der Waals surface area (Å²) in [5, 5.41) is 0.629. The van der Waals surface area contributed by atoms with Crippen molar-refractivity contribution in [1.29, 1.82) is 0 Å². The zero-order valence-corrected chi connectivity index (χ0v) is 9.71. The van der Waals surface area contributed by atoms with Gasteiger partial charge in [0, 0.05) is 6.54 Å². The molecule has 1 aromatic carbocycles. The van der Waals surface area contributed by atoms with Crippen LogP contribution in [-0.4, -0.2) is 25.7 Å². The Kier molecular flexibility index (Phi) is 4.84. The number of hydrogen-bond acceptors (Lipinski definition) is 4. The molecule has 1 aromatic rings. The zero-order valence-electron chi connectivity index (χ0n) is 8.96. The molecule has 0 unspecified atom stereocenters. The van der Waals surface area contributed by atoms with E-state index in [0.29, 0.717) is 17.4 Å². The number of nitrogens with two attached hydrogens (primary N) is 1. The third-order valence-electron chi connectivity index (χ3n) is 2.03. The predicted octanol–water partition coefficient (Wildman–Crippen LogP) is 1.20. The normalized spacial score (nSPS) is 10.7. The van der Waals surface area contributed by atoms with Gasteiger partial charge in [0.2, 0.25) is 0 Å². The van der Waals surface area contributed by atoms with Crippen molar-refractivity contribution in [3.8, 4) is 5.75 Å². The Balaban J connectivity index is 2.66. The highest BCUT2D eigenvalue weighted by Gasteiger charge is 2.03. The smallest absolute Gasteiger partial charge is 0.137 e. The van der Waals surface area contributed by atoms with Gasteiger partial charge in [-0.1, -0.05) is 17.7 Å². The number of halogens is 1. The van der Waals surface area contributed by atoms with Crippen molar-refractivity contribution in [2.45, 2.75) is 6.54 Å². The minimum absolute atomic E-state index is 0.629. The third kappa shape index (κ3) is 3.68. The number of ether oxygens (including phenoxy) is 1. The summed E-state index contributed by atoms with van der Waals surface area (Å²) in [7, 11) is 3.57. The molecule has 84 valence electrons. The van der Waals surface area contributed by atoms with Gasteiger partial charge in [-0.05, 0) is 24.7 Å². The minimum Gasteiger partial charge on any atom is -0.495 e. The molecule has 3 N–H and O–H groups in total. The summed E-state index contributed by atoms with van der Waals surface area (Å²) in [4.78, 5) is 2.04. The Morgan fingerprint density at radius 3 is 2.80 bits per heavy atom. The molecule has 0 aliphatic rings. The van der Waals surface area contributed by atoms with E-state index in [-0.39, 0.29) is 0 Å². The summed E-state index contributed by atoms with van der Waals surface area (Å²) >= 11 is 6.01. The predicted molar refractivity (Wildman–Crippen MR) is 61.7 cm³/mol. The second-order valence-electron chi connectivity index (χ2n) is 3.35. The number of hydrazine groups is 1. The van der Waals surface area contributed by atoms with E-state index in [2.05, 4.69) is 5.43 Å². The van der Waals surface area contributed by atoms with Crippen LogP contribution >= 0.6 is 11.6 Å². The lowest BCUT2D eigenvalue weighted by atomic mass is 10.2. The first-order chi connectivity index (χ1) is 7.17. The van der Waals surface area contributed by atoms with Gasteiger partial charge in [0.25, 0.3) is 0 Å². The number of nitrogens with zero attached hydrogens (tertiary/aromatic N) is 1. The highest BCUT2D eigenvalue weighted by Crippen LogP contribution is 2.25. The molecule has 0 aromatic heterocycles. The van der Waals surface area contributed by atoms with Gasteiger partial charge in [-0.25, -0.2) is 5.43 Å². The lowest BCUT2D eigenvalue weighted by Gasteiger charge is -2.16. The van der Waals surface area contributed by atoms with Crippen LogP contribution in [0.25, 0.3) is 0 Å². The average molecular weight is 230 g/mol. The summed E-state index contributed by atoms with van der Waals surface area (Å²) in [6.07, 6.45) is 0. The van der Waals surface area contributed by atoms with E-state index in [1.807, 2.05) is 30.1 Å². The summed E-state index contributed by atoms with van der Waals surface area (Å²) in [5.41, 5.74) is 3.72. The molecule has 0 saturated heterocycles. The number of benzene rings is 1. The molecule has 0 fully saturated rings. The molecular weight excluding hydrogens is 214 g/mol. The molecule has 0 amide bonds. The van der Waals surface area contributed by atoms with E-state index in [1.54, 1.807) is 7.11 Å². The van der Waals surface area contributed by atoms with E-state index in [4.69, 9.17) is 22.2 Å². The molecule has 15 heavy (non-hydrogen) atoms. The number of rotatable bonds is 5. The Morgan fingerprint density at radius 2 is 2.27 bits per heavy atom. The highest BCUT2D eigenvalue weighted by atomic mass is 35.5. The van der Waals surface area contributed by atoms with Crippen LogP contribution in [0.4, 0.5) is 0 Å². The van der Waals surface area contributed by atoms with Gasteiger partial charge in [0.15, 0.2) is 0 Å². The SMILES string of the molecule is COc1ccc(CN(C)CNN)cc1Cl. The molecule has 0 spiro atoms.